The van der Waals surface area contributed by atoms with Crippen molar-refractivity contribution in [2.45, 2.75) is 32.2 Å². The highest BCUT2D eigenvalue weighted by Gasteiger charge is 2.26. The Balaban J connectivity index is 2.12. The molecule has 0 spiro atoms. The zero-order chi connectivity index (χ0) is 14.5. The van der Waals surface area contributed by atoms with Crippen molar-refractivity contribution in [1.82, 2.24) is 4.90 Å². The zero-order valence-corrected chi connectivity index (χ0v) is 11.8. The first-order valence-electron chi connectivity index (χ1n) is 7.06. The number of benzene rings is 1. The van der Waals surface area contributed by atoms with Crippen LogP contribution in [0.1, 0.15) is 31.7 Å². The fraction of sp³-hybridized carbons (Fsp3) is 0.438. The van der Waals surface area contributed by atoms with Crippen LogP contribution in [0.15, 0.2) is 29.8 Å². The summed E-state index contributed by atoms with van der Waals surface area (Å²) in [4.78, 5) is 14.3. The van der Waals surface area contributed by atoms with Gasteiger partial charge in [-0.25, -0.2) is 4.39 Å². The molecule has 1 heterocycles. The molecule has 0 aromatic heterocycles. The molecule has 1 unspecified atom stereocenters. The Kier molecular flexibility index (Phi) is 4.90. The van der Waals surface area contributed by atoms with Gasteiger partial charge in [0.15, 0.2) is 0 Å². The minimum Gasteiger partial charge on any atom is -0.335 e. The Morgan fingerprint density at radius 1 is 1.40 bits per heavy atom. The number of rotatable bonds is 3. The summed E-state index contributed by atoms with van der Waals surface area (Å²) in [6, 6.07) is 6.28. The van der Waals surface area contributed by atoms with Crippen LogP contribution < -0.4 is 5.73 Å². The van der Waals surface area contributed by atoms with Gasteiger partial charge in [0.25, 0.3) is 0 Å². The van der Waals surface area contributed by atoms with Gasteiger partial charge in [0.1, 0.15) is 5.82 Å². The van der Waals surface area contributed by atoms with E-state index in [1.165, 1.54) is 12.1 Å². The predicted octanol–water partition coefficient (Wildman–Crippen LogP) is 2.57. The van der Waals surface area contributed by atoms with Crippen LogP contribution in [-0.2, 0) is 4.79 Å². The van der Waals surface area contributed by atoms with Gasteiger partial charge in [-0.05, 0) is 50.0 Å². The van der Waals surface area contributed by atoms with Gasteiger partial charge in [-0.15, -0.1) is 0 Å². The molecule has 2 rings (SSSR count). The van der Waals surface area contributed by atoms with Gasteiger partial charge in [-0.1, -0.05) is 12.1 Å². The molecule has 1 atom stereocenters. The third-order valence-electron chi connectivity index (χ3n) is 3.75. The van der Waals surface area contributed by atoms with E-state index in [0.29, 0.717) is 12.1 Å². The van der Waals surface area contributed by atoms with Crippen molar-refractivity contribution in [1.29, 1.82) is 0 Å². The number of halogens is 1. The number of nitrogens with zero attached hydrogens (tertiary/aromatic N) is 1. The Morgan fingerprint density at radius 3 is 2.75 bits per heavy atom. The first kappa shape index (κ1) is 14.7. The summed E-state index contributed by atoms with van der Waals surface area (Å²) in [5.74, 6) is -0.241. The number of piperidine rings is 1. The van der Waals surface area contributed by atoms with E-state index in [9.17, 15) is 9.18 Å². The second-order valence-electron chi connectivity index (χ2n) is 5.26. The lowest BCUT2D eigenvalue weighted by molar-refractivity contribution is -0.130. The van der Waals surface area contributed by atoms with Crippen LogP contribution in [0.4, 0.5) is 4.39 Å². The van der Waals surface area contributed by atoms with E-state index in [2.05, 4.69) is 0 Å². The van der Waals surface area contributed by atoms with Crippen LogP contribution in [-0.4, -0.2) is 29.9 Å². The van der Waals surface area contributed by atoms with E-state index in [1.54, 1.807) is 25.1 Å². The van der Waals surface area contributed by atoms with E-state index in [1.807, 2.05) is 4.90 Å². The Morgan fingerprint density at radius 2 is 2.10 bits per heavy atom. The molecule has 1 saturated heterocycles. The summed E-state index contributed by atoms with van der Waals surface area (Å²) >= 11 is 0. The summed E-state index contributed by atoms with van der Waals surface area (Å²) in [6.45, 7) is 3.08. The quantitative estimate of drug-likeness (QED) is 0.862. The topological polar surface area (TPSA) is 46.3 Å². The number of carbonyl (C=O) groups excluding carboxylic acids is 1. The molecular formula is C16H21FN2O. The predicted molar refractivity (Wildman–Crippen MR) is 78.5 cm³/mol. The number of hydrogen-bond donors (Lipinski definition) is 1. The molecule has 1 aromatic carbocycles. The number of amides is 1. The van der Waals surface area contributed by atoms with Crippen LogP contribution in [0.25, 0.3) is 6.08 Å². The van der Waals surface area contributed by atoms with Crippen molar-refractivity contribution < 1.29 is 9.18 Å². The van der Waals surface area contributed by atoms with E-state index >= 15 is 0 Å². The normalized spacial score (nSPS) is 20.1. The third-order valence-corrected chi connectivity index (χ3v) is 3.75. The second kappa shape index (κ2) is 6.66. The van der Waals surface area contributed by atoms with Crippen LogP contribution in [0.3, 0.4) is 0 Å². The van der Waals surface area contributed by atoms with E-state index < -0.39 is 0 Å². The lowest BCUT2D eigenvalue weighted by Crippen LogP contribution is -2.47. The highest BCUT2D eigenvalue weighted by Crippen LogP contribution is 2.19. The maximum atomic E-state index is 12.9. The fourth-order valence-electron chi connectivity index (χ4n) is 2.61. The van der Waals surface area contributed by atoms with Crippen LogP contribution >= 0.6 is 0 Å². The smallest absolute Gasteiger partial charge is 0.249 e. The minimum atomic E-state index is -0.273. The molecule has 4 heteroatoms. The first-order valence-corrected chi connectivity index (χ1v) is 7.06. The fourth-order valence-corrected chi connectivity index (χ4v) is 2.61. The molecule has 0 saturated carbocycles. The lowest BCUT2D eigenvalue weighted by atomic mass is 10.0. The molecule has 3 nitrogen and oxygen atoms in total. The SMILES string of the molecule is CC(=Cc1ccc(F)cc1)C(=O)N1CCCCC1CN. The molecule has 1 aromatic rings. The van der Waals surface area contributed by atoms with Crippen LogP contribution in [0, 0.1) is 5.82 Å². The van der Waals surface area contributed by atoms with Crippen molar-refractivity contribution >= 4 is 12.0 Å². The maximum absolute atomic E-state index is 12.9. The summed E-state index contributed by atoms with van der Waals surface area (Å²) in [7, 11) is 0. The molecule has 2 N–H and O–H groups in total. The molecule has 0 radical (unpaired) electrons. The largest absolute Gasteiger partial charge is 0.335 e. The van der Waals surface area contributed by atoms with Gasteiger partial charge in [-0.2, -0.15) is 0 Å². The standard InChI is InChI=1S/C16H21FN2O/c1-12(10-13-5-7-14(17)8-6-13)16(20)19-9-3-2-4-15(19)11-18/h5-8,10,15H,2-4,9,11,18H2,1H3. The molecule has 1 fully saturated rings. The van der Waals surface area contributed by atoms with Gasteiger partial charge >= 0.3 is 0 Å². The molecule has 1 aliphatic heterocycles. The highest BCUT2D eigenvalue weighted by atomic mass is 19.1. The summed E-state index contributed by atoms with van der Waals surface area (Å²) in [6.07, 6.45) is 4.94. The van der Waals surface area contributed by atoms with E-state index in [4.69, 9.17) is 5.73 Å². The van der Waals surface area contributed by atoms with Gasteiger partial charge in [0.2, 0.25) is 5.91 Å². The van der Waals surface area contributed by atoms with Crippen LogP contribution in [0.5, 0.6) is 0 Å². The van der Waals surface area contributed by atoms with E-state index in [-0.39, 0.29) is 17.8 Å². The average Bonchev–Trinajstić information content (AvgIpc) is 2.48. The van der Waals surface area contributed by atoms with Crippen molar-refractivity contribution in [3.63, 3.8) is 0 Å². The van der Waals surface area contributed by atoms with Crippen molar-refractivity contribution in [3.05, 3.63) is 41.2 Å². The molecule has 108 valence electrons. The highest BCUT2D eigenvalue weighted by molar-refractivity contribution is 5.97. The van der Waals surface area contributed by atoms with Gasteiger partial charge in [0, 0.05) is 24.7 Å². The van der Waals surface area contributed by atoms with Crippen molar-refractivity contribution in [2.75, 3.05) is 13.1 Å². The first-order chi connectivity index (χ1) is 9.61. The summed E-state index contributed by atoms with van der Waals surface area (Å²) in [5.41, 5.74) is 7.24. The van der Waals surface area contributed by atoms with Gasteiger partial charge < -0.3 is 10.6 Å². The van der Waals surface area contributed by atoms with Crippen molar-refractivity contribution in [3.8, 4) is 0 Å². The summed E-state index contributed by atoms with van der Waals surface area (Å²) < 4.78 is 12.9. The van der Waals surface area contributed by atoms with Gasteiger partial charge in [-0.3, -0.25) is 4.79 Å². The van der Waals surface area contributed by atoms with Crippen molar-refractivity contribution in [2.24, 2.45) is 5.73 Å². The molecule has 1 aliphatic rings. The van der Waals surface area contributed by atoms with E-state index in [0.717, 1.165) is 31.4 Å². The molecular weight excluding hydrogens is 255 g/mol. The maximum Gasteiger partial charge on any atom is 0.249 e. The molecule has 1 amide bonds. The van der Waals surface area contributed by atoms with Crippen LogP contribution in [0.2, 0.25) is 0 Å². The third kappa shape index (κ3) is 3.45. The zero-order valence-electron chi connectivity index (χ0n) is 11.8. The number of likely N-dealkylation sites (tertiary alicyclic amines) is 1. The average molecular weight is 276 g/mol. The molecule has 0 bridgehead atoms. The van der Waals surface area contributed by atoms with Gasteiger partial charge in [0.05, 0.1) is 0 Å². The monoisotopic (exact) mass is 276 g/mol. The number of nitrogens with two attached hydrogens (primary N) is 1. The second-order valence-corrected chi connectivity index (χ2v) is 5.26. The Labute approximate surface area is 119 Å². The molecule has 0 aliphatic carbocycles. The number of hydrogen-bond acceptors (Lipinski definition) is 2. The lowest BCUT2D eigenvalue weighted by Gasteiger charge is -2.35. The summed E-state index contributed by atoms with van der Waals surface area (Å²) in [5, 5.41) is 0. The number of carbonyl (C=O) groups is 1. The minimum absolute atomic E-state index is 0.0319. The molecule has 20 heavy (non-hydrogen) atoms. The Hall–Kier alpha value is -1.68. The Bertz CT molecular complexity index is 496.